The largest absolute Gasteiger partial charge is 0.383 e. The first kappa shape index (κ1) is 15.5. The minimum absolute atomic E-state index is 0.395. The monoisotopic (exact) mass is 325 g/mol. The van der Waals surface area contributed by atoms with Gasteiger partial charge in [0.2, 0.25) is 5.91 Å². The smallest absolute Gasteiger partial charge is 0.318 e. The number of anilines is 1. The molecule has 0 aliphatic carbocycles. The zero-order valence-electron chi connectivity index (χ0n) is 11.8. The first-order valence-electron chi connectivity index (χ1n) is 6.09. The molecule has 2 rings (SSSR count). The van der Waals surface area contributed by atoms with Gasteiger partial charge < -0.3 is 11.5 Å². The first-order valence-corrected chi connectivity index (χ1v) is 7.79. The zero-order valence-corrected chi connectivity index (χ0v) is 13.4. The number of urea groups is 1. The second-order valence-electron chi connectivity index (χ2n) is 4.47. The lowest BCUT2D eigenvalue weighted by Gasteiger charge is -2.09. The van der Waals surface area contributed by atoms with Gasteiger partial charge in [-0.1, -0.05) is 11.8 Å². The number of carbonyl (C=O) groups excluding carboxylic acids is 2. The van der Waals surface area contributed by atoms with E-state index in [9.17, 15) is 9.59 Å². The predicted molar refractivity (Wildman–Crippen MR) is 84.3 cm³/mol. The Morgan fingerprint density at radius 3 is 2.62 bits per heavy atom. The van der Waals surface area contributed by atoms with Crippen LogP contribution in [0, 0.1) is 13.8 Å². The molecule has 0 spiro atoms. The van der Waals surface area contributed by atoms with Crippen LogP contribution in [0.2, 0.25) is 0 Å². The lowest BCUT2D eigenvalue weighted by Crippen LogP contribution is -2.39. The fraction of sp³-hybridized carbons (Fsp3) is 0.333. The van der Waals surface area contributed by atoms with Crippen LogP contribution in [-0.4, -0.2) is 27.2 Å². The van der Waals surface area contributed by atoms with Crippen molar-refractivity contribution in [3.63, 3.8) is 0 Å². The van der Waals surface area contributed by atoms with Crippen LogP contribution in [0.4, 0.5) is 10.6 Å². The third-order valence-corrected chi connectivity index (χ3v) is 5.00. The molecule has 0 aliphatic rings. The molecular weight excluding hydrogens is 310 g/mol. The molecule has 0 unspecified atom stereocenters. The average Bonchev–Trinajstić information content (AvgIpc) is 2.64. The van der Waals surface area contributed by atoms with Gasteiger partial charge in [0.15, 0.2) is 5.16 Å². The van der Waals surface area contributed by atoms with Crippen LogP contribution in [0.3, 0.4) is 0 Å². The van der Waals surface area contributed by atoms with E-state index in [2.05, 4.69) is 9.97 Å². The van der Waals surface area contributed by atoms with Crippen molar-refractivity contribution in [1.82, 2.24) is 15.3 Å². The summed E-state index contributed by atoms with van der Waals surface area (Å²) in [7, 11) is 0. The van der Waals surface area contributed by atoms with E-state index in [1.54, 1.807) is 6.92 Å². The number of nitrogens with zero attached hydrogens (tertiary/aromatic N) is 2. The van der Waals surface area contributed by atoms with Crippen molar-refractivity contribution in [2.45, 2.75) is 31.2 Å². The second kappa shape index (κ2) is 5.86. The molecule has 0 saturated heterocycles. The molecule has 0 fully saturated rings. The lowest BCUT2D eigenvalue weighted by atomic mass is 10.2. The Morgan fingerprint density at radius 2 is 2.00 bits per heavy atom. The van der Waals surface area contributed by atoms with Crippen molar-refractivity contribution in [1.29, 1.82) is 0 Å². The third kappa shape index (κ3) is 3.24. The Balaban J connectivity index is 2.27. The number of nitrogens with two attached hydrogens (primary N) is 2. The van der Waals surface area contributed by atoms with Crippen LogP contribution < -0.4 is 16.8 Å². The van der Waals surface area contributed by atoms with E-state index in [0.717, 1.165) is 32.4 Å². The molecule has 2 aromatic rings. The average molecular weight is 325 g/mol. The van der Waals surface area contributed by atoms with Crippen molar-refractivity contribution in [3.05, 3.63) is 10.4 Å². The summed E-state index contributed by atoms with van der Waals surface area (Å²) in [4.78, 5) is 32.9. The number of aryl methyl sites for hydroxylation is 2. The highest BCUT2D eigenvalue weighted by Crippen LogP contribution is 2.34. The number of rotatable bonds is 3. The van der Waals surface area contributed by atoms with Crippen LogP contribution in [0.15, 0.2) is 5.16 Å². The summed E-state index contributed by atoms with van der Waals surface area (Å²) in [6, 6.07) is -0.882. The number of amides is 3. The predicted octanol–water partition coefficient (Wildman–Crippen LogP) is 1.57. The molecule has 0 radical (unpaired) electrons. The SMILES string of the molecule is Cc1sc2nc(S[C@H](C)C(=O)NC(N)=O)nc(N)c2c1C. The number of aromatic nitrogens is 2. The van der Waals surface area contributed by atoms with Crippen LogP contribution in [-0.2, 0) is 4.79 Å². The molecular formula is C12H15N5O2S2. The number of carbonyl (C=O) groups is 2. The lowest BCUT2D eigenvalue weighted by molar-refractivity contribution is -0.119. The van der Waals surface area contributed by atoms with Gasteiger partial charge in [0, 0.05) is 4.88 Å². The maximum atomic E-state index is 11.6. The quantitative estimate of drug-likeness (QED) is 0.581. The van der Waals surface area contributed by atoms with Gasteiger partial charge in [0.05, 0.1) is 10.6 Å². The van der Waals surface area contributed by atoms with Crippen molar-refractivity contribution in [3.8, 4) is 0 Å². The van der Waals surface area contributed by atoms with Gasteiger partial charge in [-0.25, -0.2) is 14.8 Å². The van der Waals surface area contributed by atoms with Crippen LogP contribution >= 0.6 is 23.1 Å². The Kier molecular flexibility index (Phi) is 4.33. The molecule has 0 saturated carbocycles. The van der Waals surface area contributed by atoms with Crippen molar-refractivity contribution >= 4 is 51.1 Å². The fourth-order valence-electron chi connectivity index (χ4n) is 1.75. The van der Waals surface area contributed by atoms with E-state index >= 15 is 0 Å². The van der Waals surface area contributed by atoms with Crippen molar-refractivity contribution in [2.75, 3.05) is 5.73 Å². The Hall–Kier alpha value is -1.87. The van der Waals surface area contributed by atoms with Gasteiger partial charge in [-0.3, -0.25) is 10.1 Å². The molecule has 9 heteroatoms. The maximum Gasteiger partial charge on any atom is 0.318 e. The highest BCUT2D eigenvalue weighted by molar-refractivity contribution is 8.00. The molecule has 3 amide bonds. The molecule has 0 bridgehead atoms. The topological polar surface area (TPSA) is 124 Å². The summed E-state index contributed by atoms with van der Waals surface area (Å²) in [5.74, 6) is -0.0971. The Morgan fingerprint density at radius 1 is 1.33 bits per heavy atom. The number of imide groups is 1. The van der Waals surface area contributed by atoms with Crippen LogP contribution in [0.5, 0.6) is 0 Å². The van der Waals surface area contributed by atoms with Gasteiger partial charge >= 0.3 is 6.03 Å². The number of nitrogen functional groups attached to an aromatic ring is 1. The molecule has 21 heavy (non-hydrogen) atoms. The van der Waals surface area contributed by atoms with E-state index in [1.165, 1.54) is 11.3 Å². The number of hydrogen-bond donors (Lipinski definition) is 3. The molecule has 7 nitrogen and oxygen atoms in total. The van der Waals surface area contributed by atoms with Crippen LogP contribution in [0.1, 0.15) is 17.4 Å². The second-order valence-corrected chi connectivity index (χ2v) is 6.98. The molecule has 1 atom stereocenters. The number of thioether (sulfide) groups is 1. The standard InChI is InChI=1S/C12H15N5O2S2/c1-4-5(2)20-10-7(4)8(13)15-12(17-10)21-6(3)9(18)16-11(14)19/h6H,1-3H3,(H2,13,15,17)(H3,14,16,18,19)/t6-/m1/s1. The minimum Gasteiger partial charge on any atom is -0.383 e. The van der Waals surface area contributed by atoms with Gasteiger partial charge in [0.1, 0.15) is 10.6 Å². The number of fused-ring (bicyclic) bond motifs is 1. The van der Waals surface area contributed by atoms with Crippen LogP contribution in [0.25, 0.3) is 10.2 Å². The molecule has 0 aliphatic heterocycles. The summed E-state index contributed by atoms with van der Waals surface area (Å²) in [6.07, 6.45) is 0. The third-order valence-electron chi connectivity index (χ3n) is 2.93. The number of primary amides is 1. The van der Waals surface area contributed by atoms with E-state index in [4.69, 9.17) is 11.5 Å². The zero-order chi connectivity index (χ0) is 15.7. The van der Waals surface area contributed by atoms with Gasteiger partial charge in [-0.15, -0.1) is 11.3 Å². The normalized spacial score (nSPS) is 12.3. The number of nitrogens with one attached hydrogen (secondary N) is 1. The van der Waals surface area contributed by atoms with Gasteiger partial charge in [-0.2, -0.15) is 0 Å². The van der Waals surface area contributed by atoms with E-state index < -0.39 is 17.2 Å². The van der Waals surface area contributed by atoms with Crippen molar-refractivity contribution in [2.24, 2.45) is 5.73 Å². The summed E-state index contributed by atoms with van der Waals surface area (Å²) >= 11 is 2.66. The Labute approximate surface area is 129 Å². The fourth-order valence-corrected chi connectivity index (χ4v) is 3.62. The number of hydrogen-bond acceptors (Lipinski definition) is 7. The molecule has 2 heterocycles. The van der Waals surface area contributed by atoms with E-state index in [0.29, 0.717) is 11.0 Å². The molecule has 112 valence electrons. The van der Waals surface area contributed by atoms with E-state index in [1.807, 2.05) is 19.2 Å². The highest BCUT2D eigenvalue weighted by Gasteiger charge is 2.19. The van der Waals surface area contributed by atoms with E-state index in [-0.39, 0.29) is 0 Å². The minimum atomic E-state index is -0.882. The highest BCUT2D eigenvalue weighted by atomic mass is 32.2. The molecule has 5 N–H and O–H groups in total. The summed E-state index contributed by atoms with van der Waals surface area (Å²) < 4.78 is 0. The van der Waals surface area contributed by atoms with Gasteiger partial charge in [0.25, 0.3) is 0 Å². The van der Waals surface area contributed by atoms with Gasteiger partial charge in [-0.05, 0) is 26.3 Å². The maximum absolute atomic E-state index is 11.6. The number of thiophene rings is 1. The summed E-state index contributed by atoms with van der Waals surface area (Å²) in [6.45, 7) is 5.61. The summed E-state index contributed by atoms with van der Waals surface area (Å²) in [5.41, 5.74) is 12.0. The molecule has 0 aromatic carbocycles. The molecule has 2 aromatic heterocycles. The Bertz CT molecular complexity index is 728. The first-order chi connectivity index (χ1) is 9.79. The van der Waals surface area contributed by atoms with Crippen molar-refractivity contribution < 1.29 is 9.59 Å². The summed E-state index contributed by atoms with van der Waals surface area (Å²) in [5, 5.41) is 2.72.